The molecule has 0 saturated heterocycles. The summed E-state index contributed by atoms with van der Waals surface area (Å²) in [5.74, 6) is 2.62. The molecule has 0 radical (unpaired) electrons. The third-order valence-electron chi connectivity index (χ3n) is 4.68. The number of amides is 1. The summed E-state index contributed by atoms with van der Waals surface area (Å²) < 4.78 is 21.4. The summed E-state index contributed by atoms with van der Waals surface area (Å²) in [5.41, 5.74) is 1.56. The van der Waals surface area contributed by atoms with Gasteiger partial charge in [0.15, 0.2) is 11.5 Å². The zero-order valence-corrected chi connectivity index (χ0v) is 14.9. The van der Waals surface area contributed by atoms with Crippen LogP contribution in [0.2, 0.25) is 0 Å². The second-order valence-corrected chi connectivity index (χ2v) is 6.42. The summed E-state index contributed by atoms with van der Waals surface area (Å²) in [4.78, 5) is 15.1. The predicted molar refractivity (Wildman–Crippen MR) is 95.0 cm³/mol. The average Bonchev–Trinajstić information content (AvgIpc) is 3.41. The van der Waals surface area contributed by atoms with Gasteiger partial charge in [0, 0.05) is 18.7 Å². The molecule has 0 bridgehead atoms. The van der Waals surface area contributed by atoms with Gasteiger partial charge in [-0.1, -0.05) is 6.07 Å². The van der Waals surface area contributed by atoms with E-state index < -0.39 is 0 Å². The van der Waals surface area contributed by atoms with Gasteiger partial charge in [0.2, 0.25) is 6.79 Å². The van der Waals surface area contributed by atoms with Gasteiger partial charge in [-0.05, 0) is 42.7 Å². The molecule has 2 aliphatic rings. The Morgan fingerprint density at radius 1 is 1.08 bits per heavy atom. The van der Waals surface area contributed by atoms with E-state index in [0.29, 0.717) is 23.6 Å². The number of ether oxygens (including phenoxy) is 4. The number of fused-ring (bicyclic) bond motifs is 1. The van der Waals surface area contributed by atoms with E-state index in [4.69, 9.17) is 18.9 Å². The predicted octanol–water partition coefficient (Wildman–Crippen LogP) is 3.24. The zero-order valence-electron chi connectivity index (χ0n) is 14.9. The summed E-state index contributed by atoms with van der Waals surface area (Å²) in [7, 11) is 3.15. The van der Waals surface area contributed by atoms with Crippen molar-refractivity contribution >= 4 is 5.91 Å². The Kier molecular flexibility index (Phi) is 4.32. The Morgan fingerprint density at radius 3 is 2.62 bits per heavy atom. The second-order valence-electron chi connectivity index (χ2n) is 6.42. The molecule has 1 aliphatic carbocycles. The normalized spacial score (nSPS) is 14.8. The van der Waals surface area contributed by atoms with Crippen molar-refractivity contribution in [1.82, 2.24) is 4.90 Å². The molecule has 2 aromatic rings. The maximum Gasteiger partial charge on any atom is 0.258 e. The highest BCUT2D eigenvalue weighted by Crippen LogP contribution is 2.36. The fourth-order valence-electron chi connectivity index (χ4n) is 3.12. The van der Waals surface area contributed by atoms with Gasteiger partial charge in [-0.3, -0.25) is 4.79 Å². The van der Waals surface area contributed by atoms with Crippen LogP contribution in [0, 0.1) is 0 Å². The number of methoxy groups -OCH3 is 2. The van der Waals surface area contributed by atoms with E-state index in [9.17, 15) is 4.79 Å². The topological polar surface area (TPSA) is 57.2 Å². The second kappa shape index (κ2) is 6.78. The van der Waals surface area contributed by atoms with Crippen LogP contribution in [0.4, 0.5) is 0 Å². The Hall–Kier alpha value is -2.89. The van der Waals surface area contributed by atoms with Crippen LogP contribution in [0.25, 0.3) is 0 Å². The number of hydrogen-bond acceptors (Lipinski definition) is 5. The van der Waals surface area contributed by atoms with Gasteiger partial charge >= 0.3 is 0 Å². The van der Waals surface area contributed by atoms with E-state index in [-0.39, 0.29) is 18.7 Å². The van der Waals surface area contributed by atoms with Crippen LogP contribution >= 0.6 is 0 Å². The summed E-state index contributed by atoms with van der Waals surface area (Å²) in [6.07, 6.45) is 2.05. The first-order chi connectivity index (χ1) is 12.7. The molecule has 136 valence electrons. The van der Waals surface area contributed by atoms with Crippen molar-refractivity contribution in [3.8, 4) is 23.0 Å². The van der Waals surface area contributed by atoms with E-state index >= 15 is 0 Å². The van der Waals surface area contributed by atoms with Crippen molar-refractivity contribution in [2.45, 2.75) is 25.4 Å². The van der Waals surface area contributed by atoms with Crippen LogP contribution in [0.1, 0.15) is 28.8 Å². The van der Waals surface area contributed by atoms with Gasteiger partial charge in [0.25, 0.3) is 5.91 Å². The Morgan fingerprint density at radius 2 is 1.88 bits per heavy atom. The first-order valence-corrected chi connectivity index (χ1v) is 8.61. The third-order valence-corrected chi connectivity index (χ3v) is 4.68. The van der Waals surface area contributed by atoms with Crippen LogP contribution in [0.5, 0.6) is 23.0 Å². The highest BCUT2D eigenvalue weighted by Gasteiger charge is 2.34. The molecule has 1 fully saturated rings. The van der Waals surface area contributed by atoms with Crippen LogP contribution < -0.4 is 18.9 Å². The van der Waals surface area contributed by atoms with E-state index in [1.54, 1.807) is 32.4 Å². The van der Waals surface area contributed by atoms with Crippen molar-refractivity contribution < 1.29 is 23.7 Å². The van der Waals surface area contributed by atoms with Gasteiger partial charge < -0.3 is 23.8 Å². The molecule has 2 aromatic carbocycles. The number of carbonyl (C=O) groups is 1. The summed E-state index contributed by atoms with van der Waals surface area (Å²) in [6.45, 7) is 0.766. The Bertz CT molecular complexity index is 831. The molecule has 26 heavy (non-hydrogen) atoms. The molecule has 1 amide bonds. The third kappa shape index (κ3) is 3.14. The highest BCUT2D eigenvalue weighted by molar-refractivity contribution is 5.97. The average molecular weight is 355 g/mol. The van der Waals surface area contributed by atoms with E-state index in [0.717, 1.165) is 29.9 Å². The monoisotopic (exact) mass is 355 g/mol. The van der Waals surface area contributed by atoms with Gasteiger partial charge in [-0.25, -0.2) is 0 Å². The highest BCUT2D eigenvalue weighted by atomic mass is 16.7. The van der Waals surface area contributed by atoms with Crippen LogP contribution in [-0.4, -0.2) is 37.9 Å². The summed E-state index contributed by atoms with van der Waals surface area (Å²) >= 11 is 0. The fraction of sp³-hybridized carbons (Fsp3) is 0.350. The number of carbonyl (C=O) groups excluding carboxylic acids is 1. The summed E-state index contributed by atoms with van der Waals surface area (Å²) in [5, 5.41) is 0. The lowest BCUT2D eigenvalue weighted by Crippen LogP contribution is -2.32. The largest absolute Gasteiger partial charge is 0.497 e. The van der Waals surface area contributed by atoms with E-state index in [1.165, 1.54) is 0 Å². The molecule has 0 N–H and O–H groups in total. The first-order valence-electron chi connectivity index (χ1n) is 8.61. The maximum atomic E-state index is 13.2. The molecular weight excluding hydrogens is 334 g/mol. The minimum Gasteiger partial charge on any atom is -0.497 e. The SMILES string of the molecule is COc1ccc(C(=O)N(Cc2ccc3c(c2)OCO3)C2CC2)c(OC)c1. The molecule has 6 heteroatoms. The van der Waals surface area contributed by atoms with Gasteiger partial charge in [-0.15, -0.1) is 0 Å². The first kappa shape index (κ1) is 16.6. The molecule has 0 unspecified atom stereocenters. The Balaban J connectivity index is 1.60. The molecule has 0 atom stereocenters. The quantitative estimate of drug-likeness (QED) is 0.796. The number of nitrogens with zero attached hydrogens (tertiary/aromatic N) is 1. The van der Waals surface area contributed by atoms with Crippen molar-refractivity contribution in [3.05, 3.63) is 47.5 Å². The van der Waals surface area contributed by atoms with Gasteiger partial charge in [0.1, 0.15) is 11.5 Å². The standard InChI is InChI=1S/C20H21NO5/c1-23-15-6-7-16(18(10-15)24-2)20(22)21(14-4-5-14)11-13-3-8-17-19(9-13)26-12-25-17/h3,6-10,14H,4-5,11-12H2,1-2H3. The molecule has 4 rings (SSSR count). The minimum absolute atomic E-state index is 0.0373. The Labute approximate surface area is 152 Å². The lowest BCUT2D eigenvalue weighted by Gasteiger charge is -2.24. The van der Waals surface area contributed by atoms with Gasteiger partial charge in [-0.2, -0.15) is 0 Å². The number of rotatable bonds is 6. The number of hydrogen-bond donors (Lipinski definition) is 0. The molecule has 1 aliphatic heterocycles. The zero-order chi connectivity index (χ0) is 18.1. The molecule has 0 aromatic heterocycles. The molecule has 6 nitrogen and oxygen atoms in total. The maximum absolute atomic E-state index is 13.2. The van der Waals surface area contributed by atoms with E-state index in [1.807, 2.05) is 23.1 Å². The van der Waals surface area contributed by atoms with Crippen molar-refractivity contribution in [3.63, 3.8) is 0 Å². The molecular formula is C20H21NO5. The molecule has 1 saturated carbocycles. The van der Waals surface area contributed by atoms with Gasteiger partial charge in [0.05, 0.1) is 19.8 Å². The van der Waals surface area contributed by atoms with Crippen molar-refractivity contribution in [2.75, 3.05) is 21.0 Å². The lowest BCUT2D eigenvalue weighted by atomic mass is 10.1. The fourth-order valence-corrected chi connectivity index (χ4v) is 3.12. The molecule has 1 heterocycles. The van der Waals surface area contributed by atoms with Crippen LogP contribution in [0.15, 0.2) is 36.4 Å². The number of benzene rings is 2. The van der Waals surface area contributed by atoms with Crippen molar-refractivity contribution in [2.24, 2.45) is 0 Å². The minimum atomic E-state index is -0.0373. The lowest BCUT2D eigenvalue weighted by molar-refractivity contribution is 0.0726. The van der Waals surface area contributed by atoms with Crippen LogP contribution in [-0.2, 0) is 6.54 Å². The smallest absolute Gasteiger partial charge is 0.258 e. The van der Waals surface area contributed by atoms with Crippen LogP contribution in [0.3, 0.4) is 0 Å². The molecule has 0 spiro atoms. The summed E-state index contributed by atoms with van der Waals surface area (Å²) in [6, 6.07) is 11.3. The van der Waals surface area contributed by atoms with E-state index in [2.05, 4.69) is 0 Å². The van der Waals surface area contributed by atoms with Crippen molar-refractivity contribution in [1.29, 1.82) is 0 Å².